The van der Waals surface area contributed by atoms with E-state index in [4.69, 9.17) is 16.3 Å². The van der Waals surface area contributed by atoms with Gasteiger partial charge in [-0.1, -0.05) is 60.2 Å². The summed E-state index contributed by atoms with van der Waals surface area (Å²) in [4.78, 5) is 3.99. The lowest BCUT2D eigenvalue weighted by Gasteiger charge is -2.01. The van der Waals surface area contributed by atoms with Gasteiger partial charge in [-0.25, -0.2) is 4.98 Å². The summed E-state index contributed by atoms with van der Waals surface area (Å²) in [7, 11) is 0. The SMILES string of the molecule is Clc1ccc(COC/C=C/c2ccccc2)cn1. The van der Waals surface area contributed by atoms with Crippen molar-refractivity contribution in [1.29, 1.82) is 0 Å². The number of hydrogen-bond acceptors (Lipinski definition) is 2. The molecule has 1 heterocycles. The summed E-state index contributed by atoms with van der Waals surface area (Å²) >= 11 is 5.70. The first-order chi connectivity index (χ1) is 8.84. The van der Waals surface area contributed by atoms with Crippen molar-refractivity contribution in [3.05, 3.63) is 71.0 Å². The monoisotopic (exact) mass is 259 g/mol. The Balaban J connectivity index is 1.73. The van der Waals surface area contributed by atoms with Gasteiger partial charge in [-0.15, -0.1) is 0 Å². The second-order valence-electron chi connectivity index (χ2n) is 3.82. The third kappa shape index (κ3) is 4.32. The Bertz CT molecular complexity index is 494. The standard InChI is InChI=1S/C15H14ClNO/c16-15-9-8-14(11-17-15)12-18-10-4-7-13-5-2-1-3-6-13/h1-9,11H,10,12H2/b7-4+. The van der Waals surface area contributed by atoms with Crippen LogP contribution in [0.3, 0.4) is 0 Å². The van der Waals surface area contributed by atoms with Crippen molar-refractivity contribution < 1.29 is 4.74 Å². The zero-order chi connectivity index (χ0) is 12.6. The lowest BCUT2D eigenvalue weighted by Crippen LogP contribution is -1.93. The molecule has 0 saturated carbocycles. The van der Waals surface area contributed by atoms with Gasteiger partial charge in [-0.2, -0.15) is 0 Å². The molecule has 0 N–H and O–H groups in total. The van der Waals surface area contributed by atoms with Crippen molar-refractivity contribution in [1.82, 2.24) is 4.98 Å². The van der Waals surface area contributed by atoms with E-state index in [0.29, 0.717) is 18.4 Å². The highest BCUT2D eigenvalue weighted by Crippen LogP contribution is 2.06. The molecule has 0 aliphatic heterocycles. The van der Waals surface area contributed by atoms with Gasteiger partial charge in [0.15, 0.2) is 0 Å². The number of nitrogens with zero attached hydrogens (tertiary/aromatic N) is 1. The third-order valence-corrected chi connectivity index (χ3v) is 2.60. The number of ether oxygens (including phenoxy) is 1. The van der Waals surface area contributed by atoms with Crippen LogP contribution in [0.1, 0.15) is 11.1 Å². The lowest BCUT2D eigenvalue weighted by atomic mass is 10.2. The van der Waals surface area contributed by atoms with Crippen LogP contribution in [0.25, 0.3) is 6.08 Å². The quantitative estimate of drug-likeness (QED) is 0.599. The third-order valence-electron chi connectivity index (χ3n) is 2.38. The van der Waals surface area contributed by atoms with Crippen LogP contribution in [0.5, 0.6) is 0 Å². The minimum Gasteiger partial charge on any atom is -0.373 e. The maximum Gasteiger partial charge on any atom is 0.129 e. The van der Waals surface area contributed by atoms with Gasteiger partial charge in [-0.3, -0.25) is 0 Å². The van der Waals surface area contributed by atoms with Gasteiger partial charge < -0.3 is 4.74 Å². The first-order valence-electron chi connectivity index (χ1n) is 5.74. The summed E-state index contributed by atoms with van der Waals surface area (Å²) in [6.07, 6.45) is 5.77. The largest absolute Gasteiger partial charge is 0.373 e. The maximum atomic E-state index is 5.70. The van der Waals surface area contributed by atoms with E-state index in [-0.39, 0.29) is 0 Å². The molecule has 0 saturated heterocycles. The zero-order valence-electron chi connectivity index (χ0n) is 9.92. The molecular weight excluding hydrogens is 246 g/mol. The van der Waals surface area contributed by atoms with E-state index in [0.717, 1.165) is 5.56 Å². The Hall–Kier alpha value is -1.64. The summed E-state index contributed by atoms with van der Waals surface area (Å²) < 4.78 is 5.51. The molecule has 0 atom stereocenters. The lowest BCUT2D eigenvalue weighted by molar-refractivity contribution is 0.149. The van der Waals surface area contributed by atoms with Crippen LogP contribution >= 0.6 is 11.6 Å². The van der Waals surface area contributed by atoms with Crippen molar-refractivity contribution in [2.45, 2.75) is 6.61 Å². The second-order valence-corrected chi connectivity index (χ2v) is 4.20. The molecule has 18 heavy (non-hydrogen) atoms. The molecule has 92 valence electrons. The Kier molecular flexibility index (Phi) is 4.94. The molecular formula is C15H14ClNO. The molecule has 0 fully saturated rings. The van der Waals surface area contributed by atoms with Gasteiger partial charge in [0.25, 0.3) is 0 Å². The van der Waals surface area contributed by atoms with Crippen molar-refractivity contribution in [2.75, 3.05) is 6.61 Å². The minimum absolute atomic E-state index is 0.503. The molecule has 0 bridgehead atoms. The number of pyridine rings is 1. The number of benzene rings is 1. The number of rotatable bonds is 5. The van der Waals surface area contributed by atoms with Crippen molar-refractivity contribution >= 4 is 17.7 Å². The summed E-state index contributed by atoms with van der Waals surface area (Å²) in [5.74, 6) is 0. The van der Waals surface area contributed by atoms with Crippen LogP contribution in [-0.2, 0) is 11.3 Å². The zero-order valence-corrected chi connectivity index (χ0v) is 10.7. The van der Waals surface area contributed by atoms with E-state index in [2.05, 4.69) is 17.1 Å². The van der Waals surface area contributed by atoms with E-state index in [1.807, 2.05) is 36.4 Å². The van der Waals surface area contributed by atoms with Gasteiger partial charge in [0, 0.05) is 6.20 Å². The predicted octanol–water partition coefficient (Wildman–Crippen LogP) is 3.97. The molecule has 2 nitrogen and oxygen atoms in total. The summed E-state index contributed by atoms with van der Waals surface area (Å²) in [6, 6.07) is 13.8. The summed E-state index contributed by atoms with van der Waals surface area (Å²) in [5, 5.41) is 0.503. The fourth-order valence-corrected chi connectivity index (χ4v) is 1.60. The van der Waals surface area contributed by atoms with E-state index in [1.165, 1.54) is 5.56 Å². The molecule has 0 unspecified atom stereocenters. The van der Waals surface area contributed by atoms with E-state index < -0.39 is 0 Å². The molecule has 0 spiro atoms. The minimum atomic E-state index is 0.503. The Morgan fingerprint density at radius 1 is 1.11 bits per heavy atom. The van der Waals surface area contributed by atoms with Crippen LogP contribution in [0.15, 0.2) is 54.7 Å². The Morgan fingerprint density at radius 3 is 2.67 bits per heavy atom. The average Bonchev–Trinajstić information content (AvgIpc) is 2.42. The molecule has 0 radical (unpaired) electrons. The van der Waals surface area contributed by atoms with Gasteiger partial charge in [0.05, 0.1) is 13.2 Å². The highest BCUT2D eigenvalue weighted by atomic mass is 35.5. The smallest absolute Gasteiger partial charge is 0.129 e. The maximum absolute atomic E-state index is 5.70. The van der Waals surface area contributed by atoms with E-state index >= 15 is 0 Å². The van der Waals surface area contributed by atoms with Crippen LogP contribution in [0.4, 0.5) is 0 Å². The summed E-state index contributed by atoms with van der Waals surface area (Å²) in [6.45, 7) is 1.13. The normalized spacial score (nSPS) is 10.9. The van der Waals surface area contributed by atoms with E-state index in [9.17, 15) is 0 Å². The first kappa shape index (κ1) is 12.8. The molecule has 1 aromatic heterocycles. The first-order valence-corrected chi connectivity index (χ1v) is 6.12. The molecule has 0 aliphatic carbocycles. The molecule has 0 amide bonds. The summed E-state index contributed by atoms with van der Waals surface area (Å²) in [5.41, 5.74) is 2.20. The molecule has 2 rings (SSSR count). The molecule has 3 heteroatoms. The fraction of sp³-hybridized carbons (Fsp3) is 0.133. The highest BCUT2D eigenvalue weighted by Gasteiger charge is 1.93. The van der Waals surface area contributed by atoms with Crippen molar-refractivity contribution in [2.24, 2.45) is 0 Å². The topological polar surface area (TPSA) is 22.1 Å². The predicted molar refractivity (Wildman–Crippen MR) is 74.4 cm³/mol. The van der Waals surface area contributed by atoms with Crippen molar-refractivity contribution in [3.63, 3.8) is 0 Å². The second kappa shape index (κ2) is 6.94. The molecule has 0 aliphatic rings. The number of halogens is 1. The van der Waals surface area contributed by atoms with Gasteiger partial charge >= 0.3 is 0 Å². The molecule has 2 aromatic rings. The fourth-order valence-electron chi connectivity index (χ4n) is 1.48. The van der Waals surface area contributed by atoms with Crippen LogP contribution in [-0.4, -0.2) is 11.6 Å². The van der Waals surface area contributed by atoms with Gasteiger partial charge in [-0.05, 0) is 17.2 Å². The number of hydrogen-bond donors (Lipinski definition) is 0. The van der Waals surface area contributed by atoms with Gasteiger partial charge in [0.1, 0.15) is 5.15 Å². The average molecular weight is 260 g/mol. The van der Waals surface area contributed by atoms with Crippen LogP contribution in [0, 0.1) is 0 Å². The van der Waals surface area contributed by atoms with Crippen molar-refractivity contribution in [3.8, 4) is 0 Å². The molecule has 1 aromatic carbocycles. The highest BCUT2D eigenvalue weighted by molar-refractivity contribution is 6.29. The Labute approximate surface area is 112 Å². The van der Waals surface area contributed by atoms with E-state index in [1.54, 1.807) is 12.3 Å². The van der Waals surface area contributed by atoms with Gasteiger partial charge in [0.2, 0.25) is 0 Å². The number of aromatic nitrogens is 1. The van der Waals surface area contributed by atoms with Crippen LogP contribution < -0.4 is 0 Å². The Morgan fingerprint density at radius 2 is 1.94 bits per heavy atom. The van der Waals surface area contributed by atoms with Crippen LogP contribution in [0.2, 0.25) is 5.15 Å².